The van der Waals surface area contributed by atoms with Crippen molar-refractivity contribution in [2.24, 2.45) is 0 Å². The lowest BCUT2D eigenvalue weighted by Gasteiger charge is -2.42. The fourth-order valence-electron chi connectivity index (χ4n) is 4.83. The lowest BCUT2D eigenvalue weighted by atomic mass is 9.99. The Kier molecular flexibility index (Phi) is 14.4. The van der Waals surface area contributed by atoms with Gasteiger partial charge in [0.05, 0.1) is 39.6 Å². The summed E-state index contributed by atoms with van der Waals surface area (Å²) >= 11 is 0. The summed E-state index contributed by atoms with van der Waals surface area (Å²) in [5.74, 6) is -2.62. The molecule has 1 saturated heterocycles. The normalized spacial score (nSPS) is 19.0. The van der Waals surface area contributed by atoms with E-state index in [4.69, 9.17) is 33.9 Å². The molecule has 4 aromatic rings. The maximum absolute atomic E-state index is 9.43. The van der Waals surface area contributed by atoms with Crippen molar-refractivity contribution < 1.29 is 43.5 Å². The molecule has 0 amide bonds. The topological polar surface area (TPSA) is 121 Å². The van der Waals surface area contributed by atoms with E-state index in [2.05, 4.69) is 48.5 Å². The van der Waals surface area contributed by atoms with Gasteiger partial charge in [-0.05, 0) is 22.3 Å². The molecule has 9 heteroatoms. The van der Waals surface area contributed by atoms with Crippen LogP contribution in [0.5, 0.6) is 0 Å². The Morgan fingerprint density at radius 1 is 0.565 bits per heavy atom. The van der Waals surface area contributed by atoms with E-state index >= 15 is 0 Å². The summed E-state index contributed by atoms with van der Waals surface area (Å²) in [7, 11) is 0. The number of carboxylic acids is 2. The summed E-state index contributed by atoms with van der Waals surface area (Å²) in [5, 5.41) is 15.4. The number of aliphatic carboxylic acids is 2. The molecular weight excluding hydrogens is 588 g/mol. The molecule has 1 heterocycles. The van der Waals surface area contributed by atoms with E-state index in [-0.39, 0.29) is 24.4 Å². The Bertz CT molecular complexity index is 1410. The van der Waals surface area contributed by atoms with E-state index in [0.717, 1.165) is 22.3 Å². The molecule has 46 heavy (non-hydrogen) atoms. The number of benzene rings is 4. The summed E-state index contributed by atoms with van der Waals surface area (Å²) in [6, 6.07) is 40.7. The zero-order chi connectivity index (χ0) is 32.4. The number of hydrogen-bond donors (Lipinski definition) is 2. The molecular formula is C37H40O9. The van der Waals surface area contributed by atoms with Crippen LogP contribution in [0.25, 0.3) is 0 Å². The average molecular weight is 629 g/mol. The quantitative estimate of drug-likeness (QED) is 0.155. The van der Waals surface area contributed by atoms with Crippen LogP contribution < -0.4 is 0 Å². The highest BCUT2D eigenvalue weighted by Crippen LogP contribution is 2.27. The first-order chi connectivity index (χ1) is 22.5. The van der Waals surface area contributed by atoms with Crippen molar-refractivity contribution in [1.29, 1.82) is 0 Å². The molecule has 1 fully saturated rings. The summed E-state index contributed by atoms with van der Waals surface area (Å²) in [6.45, 7) is 2.68. The van der Waals surface area contributed by atoms with Crippen LogP contribution in [0.1, 0.15) is 28.7 Å². The fourth-order valence-corrected chi connectivity index (χ4v) is 4.83. The molecule has 1 aliphatic heterocycles. The zero-order valence-corrected chi connectivity index (χ0v) is 25.6. The summed E-state index contributed by atoms with van der Waals surface area (Å²) in [4.78, 5) is 18.9. The summed E-state index contributed by atoms with van der Waals surface area (Å²) in [6.07, 6.45) is -2.11. The molecule has 0 spiro atoms. The van der Waals surface area contributed by atoms with Gasteiger partial charge in [-0.3, -0.25) is 9.59 Å². The SMILES string of the molecule is O=C(O)CC(=O)O.c1ccc(COC[C@H]2OC[C@H](OCc3ccccc3)[C@@H](OCc3ccccc3)[C@@H]2OCc2ccccc2)cc1. The van der Waals surface area contributed by atoms with Gasteiger partial charge in [0, 0.05) is 0 Å². The number of ether oxygens (including phenoxy) is 5. The van der Waals surface area contributed by atoms with Crippen LogP contribution in [0.3, 0.4) is 0 Å². The molecule has 9 nitrogen and oxygen atoms in total. The molecule has 2 N–H and O–H groups in total. The Labute approximate surface area is 269 Å². The van der Waals surface area contributed by atoms with E-state index in [1.807, 2.05) is 72.8 Å². The maximum atomic E-state index is 9.43. The second-order valence-corrected chi connectivity index (χ2v) is 10.7. The molecule has 0 radical (unpaired) electrons. The average Bonchev–Trinajstić information content (AvgIpc) is 3.07. The first-order valence-corrected chi connectivity index (χ1v) is 15.1. The molecule has 0 saturated carbocycles. The Hall–Kier alpha value is -4.38. The Morgan fingerprint density at radius 3 is 1.37 bits per heavy atom. The molecule has 1 aliphatic rings. The van der Waals surface area contributed by atoms with Crippen molar-refractivity contribution in [3.63, 3.8) is 0 Å². The third-order valence-electron chi connectivity index (χ3n) is 7.10. The monoisotopic (exact) mass is 628 g/mol. The highest BCUT2D eigenvalue weighted by molar-refractivity contribution is 5.88. The van der Waals surface area contributed by atoms with Crippen molar-refractivity contribution >= 4 is 11.9 Å². The Balaban J connectivity index is 0.000000617. The molecule has 4 aromatic carbocycles. The van der Waals surface area contributed by atoms with Crippen molar-refractivity contribution in [2.45, 2.75) is 57.3 Å². The van der Waals surface area contributed by atoms with Gasteiger partial charge in [0.1, 0.15) is 30.8 Å². The first kappa shape index (κ1) is 34.5. The van der Waals surface area contributed by atoms with Gasteiger partial charge in [0.2, 0.25) is 0 Å². The van der Waals surface area contributed by atoms with Gasteiger partial charge in [-0.15, -0.1) is 0 Å². The van der Waals surface area contributed by atoms with Gasteiger partial charge < -0.3 is 33.9 Å². The largest absolute Gasteiger partial charge is 0.481 e. The van der Waals surface area contributed by atoms with Crippen LogP contribution in [0, 0.1) is 0 Å². The summed E-state index contributed by atoms with van der Waals surface area (Å²) in [5.41, 5.74) is 4.42. The second kappa shape index (κ2) is 19.2. The maximum Gasteiger partial charge on any atom is 0.314 e. The lowest BCUT2D eigenvalue weighted by Crippen LogP contribution is -2.57. The predicted octanol–water partition coefficient (Wildman–Crippen LogP) is 5.90. The predicted molar refractivity (Wildman–Crippen MR) is 171 cm³/mol. The van der Waals surface area contributed by atoms with Crippen LogP contribution in [0.15, 0.2) is 121 Å². The van der Waals surface area contributed by atoms with E-state index in [1.165, 1.54) is 0 Å². The summed E-state index contributed by atoms with van der Waals surface area (Å²) < 4.78 is 32.0. The van der Waals surface area contributed by atoms with E-state index in [0.29, 0.717) is 39.6 Å². The first-order valence-electron chi connectivity index (χ1n) is 15.1. The van der Waals surface area contributed by atoms with Crippen LogP contribution in [0.4, 0.5) is 0 Å². The van der Waals surface area contributed by atoms with Crippen molar-refractivity contribution in [1.82, 2.24) is 0 Å². The van der Waals surface area contributed by atoms with E-state index < -0.39 is 18.4 Å². The fraction of sp³-hybridized carbons (Fsp3) is 0.297. The van der Waals surface area contributed by atoms with Crippen molar-refractivity contribution in [3.05, 3.63) is 144 Å². The van der Waals surface area contributed by atoms with Gasteiger partial charge in [0.15, 0.2) is 0 Å². The number of hydrogen-bond acceptors (Lipinski definition) is 7. The number of rotatable bonds is 15. The molecule has 0 aromatic heterocycles. The highest BCUT2D eigenvalue weighted by Gasteiger charge is 2.43. The molecule has 0 aliphatic carbocycles. The zero-order valence-electron chi connectivity index (χ0n) is 25.6. The molecule has 0 bridgehead atoms. The highest BCUT2D eigenvalue weighted by atomic mass is 16.6. The minimum Gasteiger partial charge on any atom is -0.481 e. The molecule has 0 unspecified atom stereocenters. The number of carboxylic acid groups (broad SMARTS) is 2. The molecule has 242 valence electrons. The van der Waals surface area contributed by atoms with Crippen molar-refractivity contribution in [2.75, 3.05) is 13.2 Å². The smallest absolute Gasteiger partial charge is 0.314 e. The van der Waals surface area contributed by atoms with Crippen LogP contribution in [-0.4, -0.2) is 59.8 Å². The van der Waals surface area contributed by atoms with Gasteiger partial charge in [-0.2, -0.15) is 0 Å². The van der Waals surface area contributed by atoms with E-state index in [9.17, 15) is 9.59 Å². The van der Waals surface area contributed by atoms with Gasteiger partial charge in [0.25, 0.3) is 0 Å². The van der Waals surface area contributed by atoms with Crippen LogP contribution >= 0.6 is 0 Å². The minimum absolute atomic E-state index is 0.292. The molecule has 5 rings (SSSR count). The lowest BCUT2D eigenvalue weighted by molar-refractivity contribution is -0.246. The third-order valence-corrected chi connectivity index (χ3v) is 7.10. The second-order valence-electron chi connectivity index (χ2n) is 10.7. The van der Waals surface area contributed by atoms with Crippen LogP contribution in [0.2, 0.25) is 0 Å². The van der Waals surface area contributed by atoms with Gasteiger partial charge in [-0.1, -0.05) is 121 Å². The minimum atomic E-state index is -1.31. The molecule has 4 atom stereocenters. The Morgan fingerprint density at radius 2 is 0.957 bits per heavy atom. The van der Waals surface area contributed by atoms with Gasteiger partial charge >= 0.3 is 11.9 Å². The van der Waals surface area contributed by atoms with Crippen LogP contribution in [-0.2, 0) is 59.7 Å². The van der Waals surface area contributed by atoms with Gasteiger partial charge in [-0.25, -0.2) is 0 Å². The standard InChI is InChI=1S/C34H36O5.C3H4O4/c1-5-13-27(14-6-1)21-35-25-31-33(38-23-29-17-9-3-10-18-29)34(39-24-30-19-11-4-12-20-30)32(26-37-31)36-22-28-15-7-2-8-16-28;4-2(5)1-3(6)7/h1-20,31-34H,21-26H2;1H2,(H,4,5)(H,6,7)/t31-,32+,33-,34-;/m1./s1. The van der Waals surface area contributed by atoms with Crippen molar-refractivity contribution in [3.8, 4) is 0 Å². The number of carbonyl (C=O) groups is 2. The van der Waals surface area contributed by atoms with E-state index in [1.54, 1.807) is 0 Å². The third kappa shape index (κ3) is 12.2.